The smallest absolute Gasteiger partial charge is 0.265 e. The number of nitrogens with one attached hydrogen (secondary N) is 1. The van der Waals surface area contributed by atoms with E-state index in [1.165, 1.54) is 17.5 Å². The van der Waals surface area contributed by atoms with E-state index in [0.717, 1.165) is 69.3 Å². The second kappa shape index (κ2) is 12.0. The molecule has 0 spiro atoms. The third-order valence-corrected chi connectivity index (χ3v) is 8.93. The number of hydrogen-bond acceptors (Lipinski definition) is 4. The van der Waals surface area contributed by atoms with Gasteiger partial charge in [-0.15, -0.1) is 0 Å². The van der Waals surface area contributed by atoms with Crippen molar-refractivity contribution in [3.8, 4) is 5.75 Å². The van der Waals surface area contributed by atoms with Crippen LogP contribution in [0.1, 0.15) is 101 Å². The second-order valence-corrected chi connectivity index (χ2v) is 11.8. The molecule has 2 aromatic carbocycles. The summed E-state index contributed by atoms with van der Waals surface area (Å²) in [5, 5.41) is 3.38. The van der Waals surface area contributed by atoms with E-state index in [2.05, 4.69) is 54.4 Å². The Bertz CT molecular complexity index is 1170. The Morgan fingerprint density at radius 3 is 2.46 bits per heavy atom. The van der Waals surface area contributed by atoms with Gasteiger partial charge in [0.15, 0.2) is 6.10 Å². The van der Waals surface area contributed by atoms with E-state index in [1.54, 1.807) is 0 Å². The van der Waals surface area contributed by atoms with E-state index >= 15 is 0 Å². The van der Waals surface area contributed by atoms with Gasteiger partial charge < -0.3 is 19.9 Å². The van der Waals surface area contributed by atoms with Crippen molar-refractivity contribution >= 4 is 17.5 Å². The summed E-state index contributed by atoms with van der Waals surface area (Å²) >= 11 is 0. The van der Waals surface area contributed by atoms with Crippen molar-refractivity contribution in [2.24, 2.45) is 5.92 Å². The number of amides is 2. The van der Waals surface area contributed by atoms with Gasteiger partial charge in [-0.2, -0.15) is 0 Å². The highest BCUT2D eigenvalue weighted by Gasteiger charge is 2.46. The molecule has 1 aliphatic heterocycles. The molecule has 0 radical (unpaired) electrons. The molecule has 2 aliphatic carbocycles. The van der Waals surface area contributed by atoms with Crippen molar-refractivity contribution in [2.45, 2.75) is 103 Å². The van der Waals surface area contributed by atoms with Gasteiger partial charge in [-0.1, -0.05) is 63.4 Å². The molecular weight excluding hydrogens is 486 g/mol. The van der Waals surface area contributed by atoms with Crippen LogP contribution in [0.5, 0.6) is 5.75 Å². The molecule has 0 saturated heterocycles. The zero-order valence-electron chi connectivity index (χ0n) is 24.1. The predicted molar refractivity (Wildman–Crippen MR) is 156 cm³/mol. The van der Waals surface area contributed by atoms with Crippen LogP contribution in [0.15, 0.2) is 42.5 Å². The molecule has 0 bridgehead atoms. The first-order valence-corrected chi connectivity index (χ1v) is 15.2. The highest BCUT2D eigenvalue weighted by Crippen LogP contribution is 2.45. The number of ether oxygens (including phenoxy) is 1. The van der Waals surface area contributed by atoms with Gasteiger partial charge in [-0.05, 0) is 69.1 Å². The zero-order chi connectivity index (χ0) is 27.5. The largest absolute Gasteiger partial charge is 0.480 e. The molecule has 1 heterocycles. The standard InChI is InChI=1S/C33H45N3O3/c1-5-35(6-2)25-19-20-27-29(21-25)39-31(22(3)4)33(38)36(28-18-12-14-23-13-10-11-17-26(23)28)30(27)32(37)34-24-15-8-7-9-16-24/h10-11,13,17,19-22,24,28,30-31H,5-9,12,14-16,18H2,1-4H3,(H,34,37). The van der Waals surface area contributed by atoms with Crippen LogP contribution in [-0.4, -0.2) is 41.9 Å². The number of carbonyl (C=O) groups is 2. The molecule has 3 atom stereocenters. The lowest BCUT2D eigenvalue weighted by molar-refractivity contribution is -0.150. The number of rotatable bonds is 7. The molecule has 39 heavy (non-hydrogen) atoms. The van der Waals surface area contributed by atoms with Crippen molar-refractivity contribution in [3.05, 3.63) is 59.2 Å². The van der Waals surface area contributed by atoms with Gasteiger partial charge in [0.05, 0.1) is 6.04 Å². The molecule has 3 unspecified atom stereocenters. The minimum atomic E-state index is -0.736. The first kappa shape index (κ1) is 27.5. The van der Waals surface area contributed by atoms with Crippen molar-refractivity contribution in [1.82, 2.24) is 10.2 Å². The number of nitrogens with zero attached hydrogens (tertiary/aromatic N) is 2. The molecule has 5 rings (SSSR count). The minimum Gasteiger partial charge on any atom is -0.480 e. The van der Waals surface area contributed by atoms with E-state index in [0.29, 0.717) is 5.75 Å². The van der Waals surface area contributed by atoms with Crippen molar-refractivity contribution in [1.29, 1.82) is 0 Å². The summed E-state index contributed by atoms with van der Waals surface area (Å²) in [6.07, 6.45) is 7.67. The Balaban J connectivity index is 1.65. The van der Waals surface area contributed by atoms with Gasteiger partial charge >= 0.3 is 0 Å². The zero-order valence-corrected chi connectivity index (χ0v) is 24.1. The van der Waals surface area contributed by atoms with Gasteiger partial charge in [0.25, 0.3) is 5.91 Å². The molecule has 210 valence electrons. The van der Waals surface area contributed by atoms with E-state index in [4.69, 9.17) is 4.74 Å². The Hall–Kier alpha value is -3.02. The van der Waals surface area contributed by atoms with E-state index in [1.807, 2.05) is 30.9 Å². The Morgan fingerprint density at radius 2 is 1.74 bits per heavy atom. The van der Waals surface area contributed by atoms with Crippen molar-refractivity contribution in [2.75, 3.05) is 18.0 Å². The summed E-state index contributed by atoms with van der Waals surface area (Å²) in [7, 11) is 0. The minimum absolute atomic E-state index is 0.0380. The molecular formula is C33H45N3O3. The summed E-state index contributed by atoms with van der Waals surface area (Å²) < 4.78 is 6.59. The monoisotopic (exact) mass is 531 g/mol. The first-order chi connectivity index (χ1) is 18.9. The van der Waals surface area contributed by atoms with Gasteiger partial charge in [0, 0.05) is 36.4 Å². The summed E-state index contributed by atoms with van der Waals surface area (Å²) in [6, 6.07) is 13.9. The average molecular weight is 532 g/mol. The maximum absolute atomic E-state index is 14.5. The van der Waals surface area contributed by atoms with Gasteiger partial charge in [0.1, 0.15) is 11.8 Å². The number of hydrogen-bond donors (Lipinski definition) is 1. The summed E-state index contributed by atoms with van der Waals surface area (Å²) in [4.78, 5) is 33.0. The van der Waals surface area contributed by atoms with Gasteiger partial charge in [-0.3, -0.25) is 9.59 Å². The van der Waals surface area contributed by atoms with Crippen LogP contribution in [0.2, 0.25) is 0 Å². The molecule has 6 heteroatoms. The number of carbonyl (C=O) groups excluding carboxylic acids is 2. The highest BCUT2D eigenvalue weighted by molar-refractivity contribution is 5.93. The molecule has 2 aromatic rings. The summed E-state index contributed by atoms with van der Waals surface area (Å²) in [5.41, 5.74) is 4.28. The highest BCUT2D eigenvalue weighted by atomic mass is 16.5. The fourth-order valence-electron chi connectivity index (χ4n) is 6.81. The van der Waals surface area contributed by atoms with Crippen LogP contribution in [0.3, 0.4) is 0 Å². The number of anilines is 1. The third-order valence-electron chi connectivity index (χ3n) is 8.93. The quantitative estimate of drug-likeness (QED) is 0.453. The maximum atomic E-state index is 14.5. The van der Waals surface area contributed by atoms with Crippen LogP contribution in [0.4, 0.5) is 5.69 Å². The SMILES string of the molecule is CCN(CC)c1ccc2c(c1)OC(C(C)C)C(=O)N(C1CCCc3ccccc31)C2C(=O)NC1CCCCC1. The number of aryl methyl sites for hydroxylation is 1. The summed E-state index contributed by atoms with van der Waals surface area (Å²) in [6.45, 7) is 10.1. The topological polar surface area (TPSA) is 61.9 Å². The van der Waals surface area contributed by atoms with Crippen LogP contribution in [0, 0.1) is 5.92 Å². The molecule has 3 aliphatic rings. The van der Waals surface area contributed by atoms with Gasteiger partial charge in [0.2, 0.25) is 5.91 Å². The molecule has 6 nitrogen and oxygen atoms in total. The third kappa shape index (κ3) is 5.53. The second-order valence-electron chi connectivity index (χ2n) is 11.8. The fraction of sp³-hybridized carbons (Fsp3) is 0.576. The van der Waals surface area contributed by atoms with Crippen LogP contribution < -0.4 is 15.0 Å². The van der Waals surface area contributed by atoms with Crippen LogP contribution in [-0.2, 0) is 16.0 Å². The Morgan fingerprint density at radius 1 is 1.00 bits per heavy atom. The van der Waals surface area contributed by atoms with E-state index in [-0.39, 0.29) is 29.8 Å². The van der Waals surface area contributed by atoms with Crippen LogP contribution >= 0.6 is 0 Å². The predicted octanol–water partition coefficient (Wildman–Crippen LogP) is 6.35. The molecule has 1 N–H and O–H groups in total. The lowest BCUT2D eigenvalue weighted by Gasteiger charge is -2.41. The molecule has 2 amide bonds. The van der Waals surface area contributed by atoms with E-state index in [9.17, 15) is 9.59 Å². The Kier molecular flexibility index (Phi) is 8.49. The molecule has 1 saturated carbocycles. The lowest BCUT2D eigenvalue weighted by Crippen LogP contribution is -2.51. The number of fused-ring (bicyclic) bond motifs is 2. The number of benzene rings is 2. The molecule has 0 aromatic heterocycles. The lowest BCUT2D eigenvalue weighted by atomic mass is 9.85. The average Bonchev–Trinajstić information content (AvgIpc) is 3.08. The summed E-state index contributed by atoms with van der Waals surface area (Å²) in [5.74, 6) is 0.449. The molecule has 1 fully saturated rings. The van der Waals surface area contributed by atoms with E-state index < -0.39 is 12.1 Å². The van der Waals surface area contributed by atoms with Gasteiger partial charge in [-0.25, -0.2) is 0 Å². The van der Waals surface area contributed by atoms with Crippen LogP contribution in [0.25, 0.3) is 0 Å². The van der Waals surface area contributed by atoms with Crippen molar-refractivity contribution in [3.63, 3.8) is 0 Å². The first-order valence-electron chi connectivity index (χ1n) is 15.2. The normalized spacial score (nSPS) is 23.5. The maximum Gasteiger partial charge on any atom is 0.265 e. The Labute approximate surface area is 234 Å². The fourth-order valence-corrected chi connectivity index (χ4v) is 6.81. The van der Waals surface area contributed by atoms with Crippen molar-refractivity contribution < 1.29 is 14.3 Å².